The van der Waals surface area contributed by atoms with Crippen molar-refractivity contribution in [3.63, 3.8) is 0 Å². The summed E-state index contributed by atoms with van der Waals surface area (Å²) >= 11 is 4.20. The number of hydrogen-bond acceptors (Lipinski definition) is 8. The Morgan fingerprint density at radius 3 is 2.71 bits per heavy atom. The van der Waals surface area contributed by atoms with Crippen LogP contribution in [0.3, 0.4) is 0 Å². The highest BCUT2D eigenvalue weighted by Crippen LogP contribution is 2.32. The molecule has 14 heteroatoms. The fraction of sp³-hybridized carbons (Fsp3) is 0.550. The number of thiazole rings is 1. The predicted molar refractivity (Wildman–Crippen MR) is 132 cm³/mol. The number of hydrogen-bond donors (Lipinski definition) is 4. The molecule has 1 aliphatic heterocycles. The van der Waals surface area contributed by atoms with Crippen LogP contribution >= 0.6 is 27.3 Å². The number of aromatic nitrogens is 3. The molecule has 0 aliphatic carbocycles. The van der Waals surface area contributed by atoms with E-state index < -0.39 is 12.0 Å². The fourth-order valence-electron chi connectivity index (χ4n) is 3.64. The molecule has 34 heavy (non-hydrogen) atoms. The molecule has 2 aromatic rings. The van der Waals surface area contributed by atoms with Gasteiger partial charge in [0.2, 0.25) is 0 Å². The molecule has 0 aromatic carbocycles. The Labute approximate surface area is 209 Å². The van der Waals surface area contributed by atoms with Crippen LogP contribution in [-0.2, 0) is 11.8 Å². The van der Waals surface area contributed by atoms with Crippen molar-refractivity contribution in [1.29, 1.82) is 0 Å². The number of nitrogens with one attached hydrogen (secondary N) is 3. The van der Waals surface area contributed by atoms with Crippen LogP contribution < -0.4 is 20.9 Å². The monoisotopic (exact) mass is 557 g/mol. The van der Waals surface area contributed by atoms with E-state index in [1.54, 1.807) is 17.9 Å². The average Bonchev–Trinajstić information content (AvgIpc) is 3.34. The number of piperidine rings is 1. The quantitative estimate of drug-likeness (QED) is 0.340. The van der Waals surface area contributed by atoms with Gasteiger partial charge in [-0.05, 0) is 41.1 Å². The fourth-order valence-corrected chi connectivity index (χ4v) is 4.98. The van der Waals surface area contributed by atoms with Gasteiger partial charge < -0.3 is 25.4 Å². The molecule has 0 radical (unpaired) electrons. The van der Waals surface area contributed by atoms with Crippen molar-refractivity contribution in [2.24, 2.45) is 13.0 Å². The number of carbonyl (C=O) groups excluding carboxylic acids is 2. The summed E-state index contributed by atoms with van der Waals surface area (Å²) in [5.74, 6) is 0.541. The molecule has 3 heterocycles. The zero-order valence-electron chi connectivity index (χ0n) is 19.0. The highest BCUT2D eigenvalue weighted by Gasteiger charge is 2.26. The van der Waals surface area contributed by atoms with Crippen molar-refractivity contribution in [2.75, 3.05) is 41.8 Å². The molecule has 1 saturated heterocycles. The standard InChI is InChI=1S/C20H28BrN7O5S/c1-3-4-9-33-20(32)22-10-12-5-7-28(8-6-12)17-13(11-23-27(17)2)24-15(29)14-16(26-19(30)31)34-18(21)25-14/h11-12,26H,3-10H2,1-2H3,(H,22,32)(H,24,29)(H,30,31). The number of carboxylic acid groups (broad SMARTS) is 1. The van der Waals surface area contributed by atoms with Crippen LogP contribution in [0.5, 0.6) is 0 Å². The van der Waals surface area contributed by atoms with E-state index in [2.05, 4.69) is 46.9 Å². The van der Waals surface area contributed by atoms with Gasteiger partial charge >= 0.3 is 12.2 Å². The second-order valence-corrected chi connectivity index (χ2v) is 10.1. The van der Waals surface area contributed by atoms with Gasteiger partial charge in [-0.2, -0.15) is 5.10 Å². The average molecular weight is 558 g/mol. The van der Waals surface area contributed by atoms with Crippen LogP contribution in [-0.4, -0.2) is 64.2 Å². The Bertz CT molecular complexity index is 1020. The summed E-state index contributed by atoms with van der Waals surface area (Å²) < 4.78 is 7.21. The second-order valence-electron chi connectivity index (χ2n) is 7.84. The van der Waals surface area contributed by atoms with E-state index >= 15 is 0 Å². The van der Waals surface area contributed by atoms with Gasteiger partial charge in [-0.1, -0.05) is 24.7 Å². The third-order valence-corrected chi connectivity index (χ3v) is 6.79. The van der Waals surface area contributed by atoms with Crippen molar-refractivity contribution in [2.45, 2.75) is 32.6 Å². The highest BCUT2D eigenvalue weighted by atomic mass is 79.9. The molecule has 1 aliphatic rings. The summed E-state index contributed by atoms with van der Waals surface area (Å²) in [5, 5.41) is 21.2. The zero-order chi connectivity index (χ0) is 24.7. The highest BCUT2D eigenvalue weighted by molar-refractivity contribution is 9.11. The normalized spacial score (nSPS) is 14.0. The van der Waals surface area contributed by atoms with Gasteiger partial charge in [-0.3, -0.25) is 14.8 Å². The Balaban J connectivity index is 1.58. The van der Waals surface area contributed by atoms with E-state index in [0.717, 1.165) is 55.9 Å². The Morgan fingerprint density at radius 1 is 1.29 bits per heavy atom. The molecule has 4 N–H and O–H groups in total. The molecule has 3 amide bonds. The molecule has 0 saturated carbocycles. The van der Waals surface area contributed by atoms with Gasteiger partial charge in [0.15, 0.2) is 15.4 Å². The van der Waals surface area contributed by atoms with Crippen LogP contribution in [0.2, 0.25) is 0 Å². The van der Waals surface area contributed by atoms with E-state index in [1.807, 2.05) is 6.92 Å². The van der Waals surface area contributed by atoms with Crippen molar-refractivity contribution < 1.29 is 24.2 Å². The third kappa shape index (κ3) is 6.82. The maximum absolute atomic E-state index is 12.8. The first-order valence-corrected chi connectivity index (χ1v) is 12.5. The number of ether oxygens (including phenoxy) is 1. The lowest BCUT2D eigenvalue weighted by Gasteiger charge is -2.33. The number of alkyl carbamates (subject to hydrolysis) is 1. The minimum absolute atomic E-state index is 0.0234. The maximum Gasteiger partial charge on any atom is 0.409 e. The second kappa shape index (κ2) is 12.0. The molecule has 2 aromatic heterocycles. The number of anilines is 3. The maximum atomic E-state index is 12.8. The van der Waals surface area contributed by atoms with E-state index in [1.165, 1.54) is 0 Å². The Hall–Kier alpha value is -2.87. The van der Waals surface area contributed by atoms with Crippen molar-refractivity contribution in [3.05, 3.63) is 15.8 Å². The van der Waals surface area contributed by atoms with E-state index in [9.17, 15) is 14.4 Å². The number of carbonyl (C=O) groups is 3. The van der Waals surface area contributed by atoms with E-state index in [-0.39, 0.29) is 16.8 Å². The summed E-state index contributed by atoms with van der Waals surface area (Å²) in [4.78, 5) is 41.8. The lowest BCUT2D eigenvalue weighted by Crippen LogP contribution is -2.39. The molecular formula is C20H28BrN7O5S. The molecule has 0 atom stereocenters. The minimum atomic E-state index is -1.28. The van der Waals surface area contributed by atoms with Gasteiger partial charge in [0.05, 0.1) is 12.8 Å². The first-order chi connectivity index (χ1) is 16.3. The lowest BCUT2D eigenvalue weighted by atomic mass is 9.97. The smallest absolute Gasteiger partial charge is 0.409 e. The van der Waals surface area contributed by atoms with Crippen molar-refractivity contribution >= 4 is 61.9 Å². The molecular weight excluding hydrogens is 530 g/mol. The van der Waals surface area contributed by atoms with E-state index in [4.69, 9.17) is 9.84 Å². The van der Waals surface area contributed by atoms with Gasteiger partial charge in [0.1, 0.15) is 10.7 Å². The van der Waals surface area contributed by atoms with Gasteiger partial charge in [0, 0.05) is 26.7 Å². The van der Waals surface area contributed by atoms with Crippen LogP contribution in [0.1, 0.15) is 43.1 Å². The first-order valence-electron chi connectivity index (χ1n) is 10.9. The number of rotatable bonds is 9. The van der Waals surface area contributed by atoms with Crippen molar-refractivity contribution in [3.8, 4) is 0 Å². The van der Waals surface area contributed by atoms with Crippen LogP contribution in [0.15, 0.2) is 10.1 Å². The SMILES string of the molecule is CCCCOC(=O)NCC1CCN(c2c(NC(=O)c3nc(Br)sc3NC(=O)O)cnn2C)CC1. The molecule has 0 bridgehead atoms. The van der Waals surface area contributed by atoms with Gasteiger partial charge in [-0.15, -0.1) is 0 Å². The van der Waals surface area contributed by atoms with E-state index in [0.29, 0.717) is 28.7 Å². The molecule has 12 nitrogen and oxygen atoms in total. The number of unbranched alkanes of at least 4 members (excludes halogenated alkanes) is 1. The predicted octanol–water partition coefficient (Wildman–Crippen LogP) is 3.72. The summed E-state index contributed by atoms with van der Waals surface area (Å²) in [5.41, 5.74) is 0.485. The summed E-state index contributed by atoms with van der Waals surface area (Å²) in [6.45, 7) is 4.49. The Kier molecular flexibility index (Phi) is 9.10. The van der Waals surface area contributed by atoms with Crippen LogP contribution in [0.4, 0.5) is 26.1 Å². The summed E-state index contributed by atoms with van der Waals surface area (Å²) in [7, 11) is 1.79. The van der Waals surface area contributed by atoms with Gasteiger partial charge in [0.25, 0.3) is 5.91 Å². The van der Waals surface area contributed by atoms with Crippen LogP contribution in [0.25, 0.3) is 0 Å². The Morgan fingerprint density at radius 2 is 2.03 bits per heavy atom. The minimum Gasteiger partial charge on any atom is -0.465 e. The molecule has 0 unspecified atom stereocenters. The molecule has 0 spiro atoms. The summed E-state index contributed by atoms with van der Waals surface area (Å²) in [6.07, 6.45) is 3.45. The van der Waals surface area contributed by atoms with Gasteiger partial charge in [-0.25, -0.2) is 14.6 Å². The molecule has 1 fully saturated rings. The van der Waals surface area contributed by atoms with Crippen molar-refractivity contribution in [1.82, 2.24) is 20.1 Å². The largest absolute Gasteiger partial charge is 0.465 e. The topological polar surface area (TPSA) is 151 Å². The number of nitrogens with zero attached hydrogens (tertiary/aromatic N) is 4. The number of amides is 3. The lowest BCUT2D eigenvalue weighted by molar-refractivity contribution is 0.102. The zero-order valence-corrected chi connectivity index (χ0v) is 21.4. The molecule has 3 rings (SSSR count). The number of halogens is 1. The third-order valence-electron chi connectivity index (χ3n) is 5.37. The first kappa shape index (κ1) is 25.7. The summed E-state index contributed by atoms with van der Waals surface area (Å²) in [6, 6.07) is 0. The number of aryl methyl sites for hydroxylation is 1. The van der Waals surface area contributed by atoms with Crippen LogP contribution in [0, 0.1) is 5.92 Å². The molecule has 186 valence electrons.